The van der Waals surface area contributed by atoms with Gasteiger partial charge in [0.05, 0.1) is 6.10 Å². The van der Waals surface area contributed by atoms with Crippen LogP contribution in [-0.2, 0) is 6.42 Å². The summed E-state index contributed by atoms with van der Waals surface area (Å²) in [5, 5.41) is 9.98. The first-order chi connectivity index (χ1) is 8.97. The lowest BCUT2D eigenvalue weighted by Gasteiger charge is -2.13. The summed E-state index contributed by atoms with van der Waals surface area (Å²) in [4.78, 5) is 0. The summed E-state index contributed by atoms with van der Waals surface area (Å²) in [5.41, 5.74) is 0.831. The Bertz CT molecular complexity index is 576. The van der Waals surface area contributed by atoms with Gasteiger partial charge in [0.15, 0.2) is 0 Å². The maximum atomic E-state index is 13.8. The van der Waals surface area contributed by atoms with Crippen LogP contribution in [0.2, 0.25) is 0 Å². The molecule has 0 aliphatic heterocycles. The van der Waals surface area contributed by atoms with Crippen LogP contribution >= 0.6 is 0 Å². The average molecular weight is 266 g/mol. The van der Waals surface area contributed by atoms with E-state index < -0.39 is 23.6 Å². The Morgan fingerprint density at radius 2 is 1.68 bits per heavy atom. The van der Waals surface area contributed by atoms with E-state index in [1.807, 2.05) is 0 Å². The van der Waals surface area contributed by atoms with Crippen LogP contribution in [0.15, 0.2) is 36.4 Å². The molecule has 2 rings (SSSR count). The van der Waals surface area contributed by atoms with Gasteiger partial charge in [-0.3, -0.25) is 0 Å². The fourth-order valence-corrected chi connectivity index (χ4v) is 1.99. The molecule has 1 nitrogen and oxygen atoms in total. The highest BCUT2D eigenvalue weighted by atomic mass is 19.1. The van der Waals surface area contributed by atoms with Gasteiger partial charge in [0.2, 0.25) is 0 Å². The minimum absolute atomic E-state index is 0.0466. The van der Waals surface area contributed by atoms with E-state index in [1.165, 1.54) is 6.07 Å². The molecule has 0 bridgehead atoms. The minimum atomic E-state index is -1.14. The molecule has 19 heavy (non-hydrogen) atoms. The third kappa shape index (κ3) is 3.15. The van der Waals surface area contributed by atoms with E-state index in [-0.39, 0.29) is 17.5 Å². The Labute approximate surface area is 109 Å². The van der Waals surface area contributed by atoms with E-state index >= 15 is 0 Å². The molecular weight excluding hydrogens is 253 g/mol. The maximum Gasteiger partial charge on any atom is 0.131 e. The molecule has 2 aromatic rings. The van der Waals surface area contributed by atoms with Crippen LogP contribution in [0.1, 0.15) is 22.8 Å². The zero-order chi connectivity index (χ0) is 14.0. The van der Waals surface area contributed by atoms with Crippen LogP contribution in [0, 0.1) is 24.4 Å². The first kappa shape index (κ1) is 13.6. The molecule has 0 aromatic heterocycles. The van der Waals surface area contributed by atoms with Crippen LogP contribution in [0.3, 0.4) is 0 Å². The molecule has 1 atom stereocenters. The van der Waals surface area contributed by atoms with Gasteiger partial charge in [-0.25, -0.2) is 13.2 Å². The Hall–Kier alpha value is -1.81. The molecule has 0 fully saturated rings. The Morgan fingerprint density at radius 1 is 1.05 bits per heavy atom. The number of aryl methyl sites for hydroxylation is 1. The number of hydrogen-bond acceptors (Lipinski definition) is 1. The molecule has 0 aliphatic carbocycles. The van der Waals surface area contributed by atoms with Gasteiger partial charge in [-0.2, -0.15) is 0 Å². The molecule has 0 spiro atoms. The summed E-state index contributed by atoms with van der Waals surface area (Å²) in [6.45, 7) is 1.59. The van der Waals surface area contributed by atoms with Crippen molar-refractivity contribution in [3.8, 4) is 0 Å². The largest absolute Gasteiger partial charge is 0.388 e. The van der Waals surface area contributed by atoms with E-state index in [4.69, 9.17) is 0 Å². The van der Waals surface area contributed by atoms with Gasteiger partial charge in [0.25, 0.3) is 0 Å². The number of aliphatic hydroxyl groups is 1. The van der Waals surface area contributed by atoms with Gasteiger partial charge >= 0.3 is 0 Å². The van der Waals surface area contributed by atoms with Gasteiger partial charge in [-0.15, -0.1) is 0 Å². The molecular formula is C15H13F3O. The van der Waals surface area contributed by atoms with E-state index in [0.29, 0.717) is 5.56 Å². The molecule has 0 heterocycles. The molecule has 0 aliphatic rings. The SMILES string of the molecule is Cc1cccc(C(O)Cc2cc(F)cc(F)c2)c1F. The summed E-state index contributed by atoms with van der Waals surface area (Å²) >= 11 is 0. The van der Waals surface area contributed by atoms with Crippen LogP contribution < -0.4 is 0 Å². The lowest BCUT2D eigenvalue weighted by molar-refractivity contribution is 0.173. The van der Waals surface area contributed by atoms with Crippen LogP contribution in [0.4, 0.5) is 13.2 Å². The number of benzene rings is 2. The van der Waals surface area contributed by atoms with Crippen LogP contribution in [0.25, 0.3) is 0 Å². The molecule has 0 amide bonds. The van der Waals surface area contributed by atoms with E-state index in [2.05, 4.69) is 0 Å². The van der Waals surface area contributed by atoms with Crippen molar-refractivity contribution >= 4 is 0 Å². The highest BCUT2D eigenvalue weighted by molar-refractivity contribution is 5.28. The molecule has 1 unspecified atom stereocenters. The molecule has 0 saturated heterocycles. The van der Waals surface area contributed by atoms with Gasteiger partial charge < -0.3 is 5.11 Å². The smallest absolute Gasteiger partial charge is 0.131 e. The van der Waals surface area contributed by atoms with Crippen molar-refractivity contribution < 1.29 is 18.3 Å². The lowest BCUT2D eigenvalue weighted by Crippen LogP contribution is -2.06. The highest BCUT2D eigenvalue weighted by Crippen LogP contribution is 2.23. The fourth-order valence-electron chi connectivity index (χ4n) is 1.99. The van der Waals surface area contributed by atoms with E-state index in [1.54, 1.807) is 19.1 Å². The van der Waals surface area contributed by atoms with Crippen molar-refractivity contribution in [2.24, 2.45) is 0 Å². The van der Waals surface area contributed by atoms with E-state index in [9.17, 15) is 18.3 Å². The summed E-state index contributed by atoms with van der Waals surface area (Å²) in [6, 6.07) is 7.68. The predicted octanol–water partition coefficient (Wildman–Crippen LogP) is 3.69. The van der Waals surface area contributed by atoms with Gasteiger partial charge in [0.1, 0.15) is 17.5 Å². The van der Waals surface area contributed by atoms with E-state index in [0.717, 1.165) is 18.2 Å². The molecule has 100 valence electrons. The zero-order valence-corrected chi connectivity index (χ0v) is 10.3. The van der Waals surface area contributed by atoms with Crippen molar-refractivity contribution in [3.63, 3.8) is 0 Å². The maximum absolute atomic E-state index is 13.8. The number of hydrogen-bond donors (Lipinski definition) is 1. The topological polar surface area (TPSA) is 20.2 Å². The summed E-state index contributed by atoms with van der Waals surface area (Å²) in [6.07, 6.45) is -1.18. The standard InChI is InChI=1S/C15H13F3O/c1-9-3-2-4-13(15(9)18)14(19)7-10-5-11(16)8-12(17)6-10/h2-6,8,14,19H,7H2,1H3. The molecule has 1 N–H and O–H groups in total. The first-order valence-corrected chi connectivity index (χ1v) is 5.85. The minimum Gasteiger partial charge on any atom is -0.388 e. The first-order valence-electron chi connectivity index (χ1n) is 5.85. The Morgan fingerprint density at radius 3 is 2.32 bits per heavy atom. The van der Waals surface area contributed by atoms with Gasteiger partial charge in [-0.05, 0) is 30.2 Å². The van der Waals surface area contributed by atoms with Crippen molar-refractivity contribution in [3.05, 3.63) is 70.5 Å². The number of aliphatic hydroxyl groups excluding tert-OH is 1. The van der Waals surface area contributed by atoms with Crippen molar-refractivity contribution in [1.29, 1.82) is 0 Å². The number of halogens is 3. The predicted molar refractivity (Wildman–Crippen MR) is 66.2 cm³/mol. The lowest BCUT2D eigenvalue weighted by atomic mass is 9.99. The monoisotopic (exact) mass is 266 g/mol. The van der Waals surface area contributed by atoms with Gasteiger partial charge in [-0.1, -0.05) is 18.2 Å². The number of rotatable bonds is 3. The Balaban J connectivity index is 2.25. The third-order valence-corrected chi connectivity index (χ3v) is 2.93. The second-order valence-electron chi connectivity index (χ2n) is 4.48. The normalized spacial score (nSPS) is 12.5. The van der Waals surface area contributed by atoms with Crippen molar-refractivity contribution in [2.45, 2.75) is 19.4 Å². The zero-order valence-electron chi connectivity index (χ0n) is 10.3. The summed E-state index contributed by atoms with van der Waals surface area (Å²) in [7, 11) is 0. The quantitative estimate of drug-likeness (QED) is 0.898. The Kier molecular flexibility index (Phi) is 3.90. The third-order valence-electron chi connectivity index (χ3n) is 2.93. The van der Waals surface area contributed by atoms with Crippen LogP contribution in [0.5, 0.6) is 0 Å². The molecule has 0 radical (unpaired) electrons. The van der Waals surface area contributed by atoms with Crippen molar-refractivity contribution in [1.82, 2.24) is 0 Å². The summed E-state index contributed by atoms with van der Waals surface area (Å²) < 4.78 is 39.9. The highest BCUT2D eigenvalue weighted by Gasteiger charge is 2.15. The van der Waals surface area contributed by atoms with Gasteiger partial charge in [0, 0.05) is 18.1 Å². The fraction of sp³-hybridized carbons (Fsp3) is 0.200. The van der Waals surface area contributed by atoms with Crippen molar-refractivity contribution in [2.75, 3.05) is 0 Å². The second kappa shape index (κ2) is 5.45. The second-order valence-corrected chi connectivity index (χ2v) is 4.48. The molecule has 0 saturated carbocycles. The van der Waals surface area contributed by atoms with Crippen LogP contribution in [-0.4, -0.2) is 5.11 Å². The average Bonchev–Trinajstić information content (AvgIpc) is 2.31. The molecule has 4 heteroatoms. The molecule has 2 aromatic carbocycles. The summed E-state index contributed by atoms with van der Waals surface area (Å²) in [5.74, 6) is -1.93.